The van der Waals surface area contributed by atoms with E-state index in [2.05, 4.69) is 0 Å². The summed E-state index contributed by atoms with van der Waals surface area (Å²) >= 11 is 1.51. The molecule has 4 atom stereocenters. The van der Waals surface area contributed by atoms with Crippen LogP contribution >= 0.6 is 11.3 Å². The highest BCUT2D eigenvalue weighted by atomic mass is 32.1. The van der Waals surface area contributed by atoms with Crippen LogP contribution in [0.5, 0.6) is 17.2 Å². The van der Waals surface area contributed by atoms with Gasteiger partial charge < -0.3 is 24.1 Å². The van der Waals surface area contributed by atoms with Gasteiger partial charge in [-0.25, -0.2) is 0 Å². The zero-order valence-electron chi connectivity index (χ0n) is 14.7. The SMILES string of the molecule is COc1cc([C@@H]2c3ccsc3[C@H](O)[C@H]3COC(=O)[C@@H]23)cc(OC)c1OC. The summed E-state index contributed by atoms with van der Waals surface area (Å²) in [5.41, 5.74) is 1.83. The Bertz CT molecular complexity index is 819. The van der Waals surface area contributed by atoms with Crippen molar-refractivity contribution in [2.75, 3.05) is 27.9 Å². The molecule has 138 valence electrons. The van der Waals surface area contributed by atoms with E-state index in [1.165, 1.54) is 11.3 Å². The summed E-state index contributed by atoms with van der Waals surface area (Å²) in [4.78, 5) is 13.4. The number of thiophene rings is 1. The minimum atomic E-state index is -0.681. The number of carbonyl (C=O) groups excluding carboxylic acids is 1. The number of rotatable bonds is 4. The van der Waals surface area contributed by atoms with Crippen molar-refractivity contribution >= 4 is 17.3 Å². The summed E-state index contributed by atoms with van der Waals surface area (Å²) in [6.45, 7) is 0.239. The molecule has 0 unspecified atom stereocenters. The topological polar surface area (TPSA) is 74.2 Å². The third kappa shape index (κ3) is 2.38. The second-order valence-electron chi connectivity index (χ2n) is 6.44. The standard InChI is InChI=1S/C19H20O6S/c1-22-12-6-9(7-13(23-2)17(12)24-3)14-10-4-5-26-18(10)16(20)11-8-25-19(21)15(11)14/h4-7,11,14-16,20H,8H2,1-3H3/t11-,14+,15+,16+/m0/s1. The van der Waals surface area contributed by atoms with Gasteiger partial charge >= 0.3 is 5.97 Å². The summed E-state index contributed by atoms with van der Waals surface area (Å²) in [5, 5.41) is 12.6. The molecule has 7 heteroatoms. The van der Waals surface area contributed by atoms with E-state index in [0.717, 1.165) is 16.0 Å². The Morgan fingerprint density at radius 1 is 1.15 bits per heavy atom. The average molecular weight is 376 g/mol. The summed E-state index contributed by atoms with van der Waals surface area (Å²) in [5.74, 6) is 0.386. The van der Waals surface area contributed by atoms with Crippen LogP contribution in [0.4, 0.5) is 0 Å². The molecule has 2 heterocycles. The fourth-order valence-corrected chi connectivity index (χ4v) is 5.11. The molecule has 1 aromatic carbocycles. The third-order valence-electron chi connectivity index (χ3n) is 5.29. The zero-order chi connectivity index (χ0) is 18.4. The summed E-state index contributed by atoms with van der Waals surface area (Å²) < 4.78 is 21.6. The number of methoxy groups -OCH3 is 3. The second kappa shape index (κ2) is 6.48. The van der Waals surface area contributed by atoms with Gasteiger partial charge in [0.25, 0.3) is 0 Å². The number of hydrogen-bond acceptors (Lipinski definition) is 7. The number of aliphatic hydroxyl groups is 1. The van der Waals surface area contributed by atoms with Crippen LogP contribution in [0.2, 0.25) is 0 Å². The second-order valence-corrected chi connectivity index (χ2v) is 7.39. The third-order valence-corrected chi connectivity index (χ3v) is 6.30. The molecular formula is C19H20O6S. The monoisotopic (exact) mass is 376 g/mol. The number of esters is 1. The quantitative estimate of drug-likeness (QED) is 0.827. The van der Waals surface area contributed by atoms with Crippen LogP contribution in [-0.2, 0) is 9.53 Å². The Labute approximate surface area is 155 Å². The largest absolute Gasteiger partial charge is 0.493 e. The lowest BCUT2D eigenvalue weighted by molar-refractivity contribution is -0.141. The number of aliphatic hydroxyl groups excluding tert-OH is 1. The van der Waals surface area contributed by atoms with Gasteiger partial charge in [0.1, 0.15) is 0 Å². The molecule has 2 aromatic rings. The zero-order valence-corrected chi connectivity index (χ0v) is 15.5. The van der Waals surface area contributed by atoms with Crippen molar-refractivity contribution in [2.45, 2.75) is 12.0 Å². The molecule has 1 fully saturated rings. The first kappa shape index (κ1) is 17.2. The van der Waals surface area contributed by atoms with Gasteiger partial charge in [-0.05, 0) is 34.7 Å². The number of fused-ring (bicyclic) bond motifs is 2. The van der Waals surface area contributed by atoms with Gasteiger partial charge in [0.15, 0.2) is 11.5 Å². The van der Waals surface area contributed by atoms with E-state index in [-0.39, 0.29) is 24.4 Å². The highest BCUT2D eigenvalue weighted by Crippen LogP contribution is 2.54. The molecule has 0 bridgehead atoms. The Hall–Kier alpha value is -2.25. The maximum Gasteiger partial charge on any atom is 0.310 e. The first-order valence-electron chi connectivity index (χ1n) is 8.32. The molecule has 1 saturated heterocycles. The fraction of sp³-hybridized carbons (Fsp3) is 0.421. The maximum absolute atomic E-state index is 12.5. The van der Waals surface area contributed by atoms with E-state index in [4.69, 9.17) is 18.9 Å². The van der Waals surface area contributed by atoms with Crippen molar-refractivity contribution in [3.05, 3.63) is 39.6 Å². The highest BCUT2D eigenvalue weighted by molar-refractivity contribution is 7.10. The summed E-state index contributed by atoms with van der Waals surface area (Å²) in [7, 11) is 4.68. The molecule has 2 aliphatic rings. The van der Waals surface area contributed by atoms with Gasteiger partial charge in [0.2, 0.25) is 5.75 Å². The van der Waals surface area contributed by atoms with Gasteiger partial charge in [-0.3, -0.25) is 4.79 Å². The van der Waals surface area contributed by atoms with E-state index in [9.17, 15) is 9.90 Å². The van der Waals surface area contributed by atoms with Crippen LogP contribution in [0.15, 0.2) is 23.6 Å². The van der Waals surface area contributed by atoms with Gasteiger partial charge in [-0.1, -0.05) is 0 Å². The van der Waals surface area contributed by atoms with Crippen LogP contribution in [0.3, 0.4) is 0 Å². The molecule has 1 aromatic heterocycles. The minimum absolute atomic E-state index is 0.228. The predicted octanol–water partition coefficient (Wildman–Crippen LogP) is 2.74. The van der Waals surface area contributed by atoms with Crippen molar-refractivity contribution < 1.29 is 28.8 Å². The molecule has 0 radical (unpaired) electrons. The summed E-state index contributed by atoms with van der Waals surface area (Å²) in [6, 6.07) is 5.71. The molecule has 26 heavy (non-hydrogen) atoms. The van der Waals surface area contributed by atoms with Crippen LogP contribution in [0, 0.1) is 11.8 Å². The smallest absolute Gasteiger partial charge is 0.310 e. The van der Waals surface area contributed by atoms with Gasteiger partial charge in [0.05, 0.1) is 40.0 Å². The Morgan fingerprint density at radius 3 is 2.46 bits per heavy atom. The van der Waals surface area contributed by atoms with Gasteiger partial charge in [-0.2, -0.15) is 0 Å². The number of hydrogen-bond donors (Lipinski definition) is 1. The van der Waals surface area contributed by atoms with E-state index < -0.39 is 12.0 Å². The Balaban J connectivity index is 1.91. The molecule has 1 aliphatic carbocycles. The lowest BCUT2D eigenvalue weighted by Crippen LogP contribution is -2.33. The lowest BCUT2D eigenvalue weighted by Gasteiger charge is -2.34. The maximum atomic E-state index is 12.5. The Kier molecular flexibility index (Phi) is 4.28. The minimum Gasteiger partial charge on any atom is -0.493 e. The normalized spacial score (nSPS) is 26.7. The van der Waals surface area contributed by atoms with Crippen LogP contribution in [0.1, 0.15) is 28.0 Å². The predicted molar refractivity (Wildman–Crippen MR) is 95.2 cm³/mol. The highest BCUT2D eigenvalue weighted by Gasteiger charge is 2.52. The molecule has 0 spiro atoms. The number of ether oxygens (including phenoxy) is 4. The van der Waals surface area contributed by atoms with Crippen molar-refractivity contribution in [1.82, 2.24) is 0 Å². The Morgan fingerprint density at radius 2 is 1.85 bits per heavy atom. The molecule has 1 aliphatic heterocycles. The lowest BCUT2D eigenvalue weighted by atomic mass is 9.69. The van der Waals surface area contributed by atoms with E-state index in [1.54, 1.807) is 21.3 Å². The molecular weight excluding hydrogens is 356 g/mol. The molecule has 0 amide bonds. The molecule has 4 rings (SSSR count). The molecule has 1 N–H and O–H groups in total. The van der Waals surface area contributed by atoms with Gasteiger partial charge in [0, 0.05) is 16.7 Å². The van der Waals surface area contributed by atoms with Gasteiger partial charge in [-0.15, -0.1) is 11.3 Å². The van der Waals surface area contributed by atoms with Crippen molar-refractivity contribution in [1.29, 1.82) is 0 Å². The van der Waals surface area contributed by atoms with E-state index >= 15 is 0 Å². The number of benzene rings is 1. The summed E-state index contributed by atoms with van der Waals surface area (Å²) in [6.07, 6.45) is -0.681. The van der Waals surface area contributed by atoms with E-state index in [0.29, 0.717) is 17.2 Å². The average Bonchev–Trinajstić information content (AvgIpc) is 3.29. The molecule has 6 nitrogen and oxygen atoms in total. The first-order chi connectivity index (χ1) is 12.6. The number of carbonyl (C=O) groups is 1. The van der Waals surface area contributed by atoms with Crippen molar-refractivity contribution in [2.24, 2.45) is 11.8 Å². The van der Waals surface area contributed by atoms with Crippen molar-refractivity contribution in [3.63, 3.8) is 0 Å². The fourth-order valence-electron chi connectivity index (χ4n) is 4.11. The number of cyclic esters (lactones) is 1. The first-order valence-corrected chi connectivity index (χ1v) is 9.20. The van der Waals surface area contributed by atoms with Crippen LogP contribution < -0.4 is 14.2 Å². The van der Waals surface area contributed by atoms with Crippen LogP contribution in [0.25, 0.3) is 0 Å². The van der Waals surface area contributed by atoms with Crippen molar-refractivity contribution in [3.8, 4) is 17.2 Å². The van der Waals surface area contributed by atoms with E-state index in [1.807, 2.05) is 23.6 Å². The molecule has 0 saturated carbocycles. The van der Waals surface area contributed by atoms with Crippen LogP contribution in [-0.4, -0.2) is 39.0 Å².